The van der Waals surface area contributed by atoms with Crippen molar-refractivity contribution in [1.82, 2.24) is 14.7 Å². The molecule has 5 aromatic rings. The van der Waals surface area contributed by atoms with Crippen LogP contribution in [-0.4, -0.2) is 24.9 Å². The first kappa shape index (κ1) is 26.7. The molecule has 1 atom stereocenters. The number of hydrogen-bond acceptors (Lipinski definition) is 5. The molecule has 1 saturated heterocycles. The molecule has 1 fully saturated rings. The predicted molar refractivity (Wildman–Crippen MR) is 170 cm³/mol. The number of benzene rings is 4. The molecule has 4 aromatic carbocycles. The smallest absolute Gasteiger partial charge is 0.266 e. The summed E-state index contributed by atoms with van der Waals surface area (Å²) in [5.74, 6) is 0.678. The number of carbonyl (C=O) groups is 1. The number of thiocarbonyl (C=S) groups is 1. The Morgan fingerprint density at radius 2 is 1.51 bits per heavy atom. The normalized spacial score (nSPS) is 15.0. The van der Waals surface area contributed by atoms with E-state index in [1.54, 1.807) is 4.90 Å². The Hall–Kier alpha value is -4.46. The summed E-state index contributed by atoms with van der Waals surface area (Å²) in [5.41, 5.74) is 5.61. The molecule has 0 aliphatic carbocycles. The van der Waals surface area contributed by atoms with Crippen LogP contribution in [-0.2, 0) is 11.4 Å². The fraction of sp³-hybridized carbons (Fsp3) is 0.0882. The summed E-state index contributed by atoms with van der Waals surface area (Å²) in [6.07, 6.45) is 3.86. The number of aromatic nitrogens is 2. The number of ether oxygens (including phenoxy) is 1. The van der Waals surface area contributed by atoms with Crippen LogP contribution >= 0.6 is 24.0 Å². The van der Waals surface area contributed by atoms with Gasteiger partial charge < -0.3 is 4.74 Å². The molecule has 2 heterocycles. The fourth-order valence-electron chi connectivity index (χ4n) is 4.72. The summed E-state index contributed by atoms with van der Waals surface area (Å²) >= 11 is 6.99. The van der Waals surface area contributed by atoms with E-state index >= 15 is 0 Å². The highest BCUT2D eigenvalue weighted by molar-refractivity contribution is 8.26. The van der Waals surface area contributed by atoms with Crippen molar-refractivity contribution >= 4 is 40.3 Å². The van der Waals surface area contributed by atoms with Gasteiger partial charge in [0.15, 0.2) is 0 Å². The van der Waals surface area contributed by atoms with Crippen molar-refractivity contribution in [3.05, 3.63) is 143 Å². The van der Waals surface area contributed by atoms with Crippen LogP contribution in [0, 0.1) is 0 Å². The van der Waals surface area contributed by atoms with E-state index < -0.39 is 0 Å². The van der Waals surface area contributed by atoms with Crippen molar-refractivity contribution < 1.29 is 9.53 Å². The molecule has 1 amide bonds. The standard InChI is InChI=1S/C34H27N3O2S2/c1-24(26-13-7-3-8-14-26)37-33(38)31(41-34(37)40)21-28-22-36(29-15-9-4-10-16-29)35-32(28)27-17-19-30(20-18-27)39-23-25-11-5-2-6-12-25/h2-22,24H,23H2,1H3. The lowest BCUT2D eigenvalue weighted by Gasteiger charge is -2.23. The molecule has 1 unspecified atom stereocenters. The van der Waals surface area contributed by atoms with Gasteiger partial charge in [-0.3, -0.25) is 9.69 Å². The van der Waals surface area contributed by atoms with Crippen LogP contribution < -0.4 is 4.74 Å². The zero-order chi connectivity index (χ0) is 28.2. The zero-order valence-electron chi connectivity index (χ0n) is 22.4. The van der Waals surface area contributed by atoms with Crippen LogP contribution in [0.2, 0.25) is 0 Å². The molecule has 6 rings (SSSR count). The Balaban J connectivity index is 1.31. The minimum Gasteiger partial charge on any atom is -0.489 e. The summed E-state index contributed by atoms with van der Waals surface area (Å²) in [6, 6.07) is 37.7. The molecule has 0 bridgehead atoms. The van der Waals surface area contributed by atoms with Gasteiger partial charge in [-0.1, -0.05) is 103 Å². The number of para-hydroxylation sites is 1. The Morgan fingerprint density at radius 3 is 2.20 bits per heavy atom. The first-order chi connectivity index (χ1) is 20.1. The van der Waals surface area contributed by atoms with Crippen molar-refractivity contribution in [2.24, 2.45) is 0 Å². The van der Waals surface area contributed by atoms with E-state index in [2.05, 4.69) is 0 Å². The maximum Gasteiger partial charge on any atom is 0.266 e. The molecule has 0 saturated carbocycles. The van der Waals surface area contributed by atoms with Gasteiger partial charge in [0.1, 0.15) is 16.7 Å². The third-order valence-electron chi connectivity index (χ3n) is 6.92. The van der Waals surface area contributed by atoms with E-state index in [0.717, 1.165) is 39.4 Å². The number of thioether (sulfide) groups is 1. The minimum absolute atomic E-state index is 0.0978. The average molecular weight is 574 g/mol. The topological polar surface area (TPSA) is 47.4 Å². The third-order valence-corrected chi connectivity index (χ3v) is 8.25. The van der Waals surface area contributed by atoms with Crippen molar-refractivity contribution in [3.8, 4) is 22.7 Å². The van der Waals surface area contributed by atoms with Crippen LogP contribution in [0.3, 0.4) is 0 Å². The number of hydrogen-bond donors (Lipinski definition) is 0. The van der Waals surface area contributed by atoms with E-state index in [0.29, 0.717) is 15.8 Å². The summed E-state index contributed by atoms with van der Waals surface area (Å²) in [5, 5.41) is 4.93. The van der Waals surface area contributed by atoms with Gasteiger partial charge in [-0.25, -0.2) is 4.68 Å². The highest BCUT2D eigenvalue weighted by atomic mass is 32.2. The average Bonchev–Trinajstić information content (AvgIpc) is 3.57. The lowest BCUT2D eigenvalue weighted by Crippen LogP contribution is -2.30. The highest BCUT2D eigenvalue weighted by Crippen LogP contribution is 2.39. The molecule has 202 valence electrons. The highest BCUT2D eigenvalue weighted by Gasteiger charge is 2.36. The molecule has 41 heavy (non-hydrogen) atoms. The Kier molecular flexibility index (Phi) is 7.80. The van der Waals surface area contributed by atoms with Gasteiger partial charge in [-0.05, 0) is 60.5 Å². The molecular weight excluding hydrogens is 547 g/mol. The Labute approximate surface area is 249 Å². The fourth-order valence-corrected chi connectivity index (χ4v) is 6.13. The van der Waals surface area contributed by atoms with Crippen LogP contribution in [0.4, 0.5) is 0 Å². The van der Waals surface area contributed by atoms with Gasteiger partial charge >= 0.3 is 0 Å². The molecule has 1 aliphatic heterocycles. The van der Waals surface area contributed by atoms with Gasteiger partial charge in [0.2, 0.25) is 0 Å². The van der Waals surface area contributed by atoms with Crippen LogP contribution in [0.1, 0.15) is 29.7 Å². The minimum atomic E-state index is -0.162. The van der Waals surface area contributed by atoms with E-state index in [1.165, 1.54) is 11.8 Å². The number of amides is 1. The molecule has 7 heteroatoms. The van der Waals surface area contributed by atoms with Crippen molar-refractivity contribution in [2.45, 2.75) is 19.6 Å². The molecule has 0 spiro atoms. The molecule has 0 N–H and O–H groups in total. The largest absolute Gasteiger partial charge is 0.489 e. The molecule has 1 aromatic heterocycles. The van der Waals surface area contributed by atoms with E-state index in [1.807, 2.05) is 139 Å². The summed E-state index contributed by atoms with van der Waals surface area (Å²) in [6.45, 7) is 2.50. The monoisotopic (exact) mass is 573 g/mol. The third kappa shape index (κ3) is 5.87. The molecule has 0 radical (unpaired) electrons. The summed E-state index contributed by atoms with van der Waals surface area (Å²) in [7, 11) is 0. The van der Waals surface area contributed by atoms with Crippen molar-refractivity contribution in [3.63, 3.8) is 0 Å². The quantitative estimate of drug-likeness (QED) is 0.139. The van der Waals surface area contributed by atoms with Gasteiger partial charge in [-0.15, -0.1) is 0 Å². The maximum atomic E-state index is 13.6. The van der Waals surface area contributed by atoms with Gasteiger partial charge in [-0.2, -0.15) is 5.10 Å². The van der Waals surface area contributed by atoms with Crippen molar-refractivity contribution in [1.29, 1.82) is 0 Å². The lowest BCUT2D eigenvalue weighted by atomic mass is 10.1. The SMILES string of the molecule is CC(c1ccccc1)N1C(=O)C(=Cc2cn(-c3ccccc3)nc2-c2ccc(OCc3ccccc3)cc2)SC1=S. The van der Waals surface area contributed by atoms with E-state index in [9.17, 15) is 4.79 Å². The van der Waals surface area contributed by atoms with Crippen molar-refractivity contribution in [2.75, 3.05) is 0 Å². The zero-order valence-corrected chi connectivity index (χ0v) is 24.0. The van der Waals surface area contributed by atoms with Crippen LogP contribution in [0.15, 0.2) is 126 Å². The lowest BCUT2D eigenvalue weighted by molar-refractivity contribution is -0.123. The second kappa shape index (κ2) is 12.0. The number of rotatable bonds is 8. The molecule has 1 aliphatic rings. The molecular formula is C34H27N3O2S2. The number of carbonyl (C=O) groups excluding carboxylic acids is 1. The second-order valence-electron chi connectivity index (χ2n) is 9.65. The van der Waals surface area contributed by atoms with Gasteiger partial charge in [0.25, 0.3) is 5.91 Å². The maximum absolute atomic E-state index is 13.6. The first-order valence-electron chi connectivity index (χ1n) is 13.3. The van der Waals surface area contributed by atoms with Gasteiger partial charge in [0, 0.05) is 17.3 Å². The van der Waals surface area contributed by atoms with Crippen LogP contribution in [0.25, 0.3) is 23.0 Å². The van der Waals surface area contributed by atoms with Crippen LogP contribution in [0.5, 0.6) is 5.75 Å². The van der Waals surface area contributed by atoms with E-state index in [4.69, 9.17) is 22.1 Å². The Bertz CT molecular complexity index is 1700. The van der Waals surface area contributed by atoms with E-state index in [-0.39, 0.29) is 11.9 Å². The second-order valence-corrected chi connectivity index (χ2v) is 11.3. The Morgan fingerprint density at radius 1 is 0.878 bits per heavy atom. The summed E-state index contributed by atoms with van der Waals surface area (Å²) < 4.78 is 8.38. The summed E-state index contributed by atoms with van der Waals surface area (Å²) in [4.78, 5) is 15.9. The van der Waals surface area contributed by atoms with Gasteiger partial charge in [0.05, 0.1) is 22.3 Å². The first-order valence-corrected chi connectivity index (χ1v) is 14.5. The molecule has 5 nitrogen and oxygen atoms in total. The predicted octanol–water partition coefficient (Wildman–Crippen LogP) is 8.08. The number of nitrogens with zero attached hydrogens (tertiary/aromatic N) is 3.